The second-order valence-electron chi connectivity index (χ2n) is 5.72. The van der Waals surface area contributed by atoms with Crippen LogP contribution in [0, 0.1) is 13.8 Å². The number of amides is 1. The Labute approximate surface area is 132 Å². The van der Waals surface area contributed by atoms with Gasteiger partial charge in [0.05, 0.1) is 23.1 Å². The normalized spacial score (nSPS) is 21.1. The molecule has 2 aromatic heterocycles. The monoisotopic (exact) mass is 318 g/mol. The molecule has 0 bridgehead atoms. The third-order valence-electron chi connectivity index (χ3n) is 4.22. The van der Waals surface area contributed by atoms with Gasteiger partial charge in [0.2, 0.25) is 0 Å². The SMILES string of the molecule is COC1CC(C(=O)O)N(C(=O)c2cnc3cc(C)nn3c2C)C1. The third kappa shape index (κ3) is 2.55. The first-order valence-corrected chi connectivity index (χ1v) is 7.31. The zero-order valence-corrected chi connectivity index (χ0v) is 13.2. The number of carboxylic acid groups (broad SMARTS) is 1. The van der Waals surface area contributed by atoms with Crippen molar-refractivity contribution in [3.63, 3.8) is 0 Å². The Hall–Kier alpha value is -2.48. The second kappa shape index (κ2) is 5.62. The van der Waals surface area contributed by atoms with E-state index in [9.17, 15) is 14.7 Å². The summed E-state index contributed by atoms with van der Waals surface area (Å²) in [4.78, 5) is 29.8. The lowest BCUT2D eigenvalue weighted by molar-refractivity contribution is -0.141. The van der Waals surface area contributed by atoms with Crippen LogP contribution in [0.4, 0.5) is 0 Å². The third-order valence-corrected chi connectivity index (χ3v) is 4.22. The van der Waals surface area contributed by atoms with Crippen LogP contribution >= 0.6 is 0 Å². The van der Waals surface area contributed by atoms with E-state index in [2.05, 4.69) is 10.1 Å². The number of fused-ring (bicyclic) bond motifs is 1. The molecule has 0 spiro atoms. The van der Waals surface area contributed by atoms with Gasteiger partial charge in [0, 0.05) is 32.3 Å². The summed E-state index contributed by atoms with van der Waals surface area (Å²) in [5.41, 5.74) is 2.44. The first-order chi connectivity index (χ1) is 10.9. The topological polar surface area (TPSA) is 97.0 Å². The first-order valence-electron chi connectivity index (χ1n) is 7.31. The Kier molecular flexibility index (Phi) is 3.77. The van der Waals surface area contributed by atoms with Gasteiger partial charge in [-0.25, -0.2) is 14.3 Å². The number of carboxylic acids is 1. The van der Waals surface area contributed by atoms with Gasteiger partial charge in [-0.3, -0.25) is 4.79 Å². The molecule has 1 N–H and O–H groups in total. The minimum atomic E-state index is -1.03. The number of carbonyl (C=O) groups is 2. The molecule has 0 saturated carbocycles. The smallest absolute Gasteiger partial charge is 0.326 e. The number of likely N-dealkylation sites (tertiary alicyclic amines) is 1. The Morgan fingerprint density at radius 2 is 2.13 bits per heavy atom. The molecule has 0 aliphatic carbocycles. The van der Waals surface area contributed by atoms with Gasteiger partial charge in [-0.15, -0.1) is 0 Å². The molecule has 1 fully saturated rings. The largest absolute Gasteiger partial charge is 0.480 e. The molecule has 1 saturated heterocycles. The molecule has 3 heterocycles. The number of nitrogens with zero attached hydrogens (tertiary/aromatic N) is 4. The maximum atomic E-state index is 12.8. The average Bonchev–Trinajstić information content (AvgIpc) is 3.10. The molecule has 8 heteroatoms. The summed E-state index contributed by atoms with van der Waals surface area (Å²) in [7, 11) is 1.52. The number of aryl methyl sites for hydroxylation is 2. The van der Waals surface area contributed by atoms with Gasteiger partial charge >= 0.3 is 5.97 Å². The zero-order chi connectivity index (χ0) is 16.7. The number of carbonyl (C=O) groups excluding carboxylic acids is 1. The Balaban J connectivity index is 1.99. The maximum absolute atomic E-state index is 12.8. The maximum Gasteiger partial charge on any atom is 0.326 e. The van der Waals surface area contributed by atoms with Crippen molar-refractivity contribution in [2.24, 2.45) is 0 Å². The van der Waals surface area contributed by atoms with Gasteiger partial charge < -0.3 is 14.7 Å². The molecule has 0 radical (unpaired) electrons. The number of aromatic nitrogens is 3. The van der Waals surface area contributed by atoms with Crippen LogP contribution in [0.25, 0.3) is 5.65 Å². The van der Waals surface area contributed by atoms with Gasteiger partial charge in [0.25, 0.3) is 5.91 Å². The van der Waals surface area contributed by atoms with Crippen LogP contribution in [0.5, 0.6) is 0 Å². The van der Waals surface area contributed by atoms with E-state index < -0.39 is 12.0 Å². The van der Waals surface area contributed by atoms with Crippen LogP contribution in [-0.2, 0) is 9.53 Å². The van der Waals surface area contributed by atoms with Crippen LogP contribution in [0.3, 0.4) is 0 Å². The van der Waals surface area contributed by atoms with Crippen LogP contribution in [-0.4, -0.2) is 62.3 Å². The standard InChI is InChI=1S/C15H18N4O4/c1-8-4-13-16-6-11(9(2)19(13)17-8)14(20)18-7-10(23-3)5-12(18)15(21)22/h4,6,10,12H,5,7H2,1-3H3,(H,21,22). The van der Waals surface area contributed by atoms with Crippen molar-refractivity contribution in [1.29, 1.82) is 0 Å². The van der Waals surface area contributed by atoms with E-state index in [-0.39, 0.29) is 25.0 Å². The lowest BCUT2D eigenvalue weighted by atomic mass is 10.1. The van der Waals surface area contributed by atoms with Crippen LogP contribution in [0.1, 0.15) is 28.2 Å². The van der Waals surface area contributed by atoms with Gasteiger partial charge in [0.15, 0.2) is 5.65 Å². The molecule has 2 unspecified atom stereocenters. The molecule has 1 amide bonds. The van der Waals surface area contributed by atoms with Crippen molar-refractivity contribution in [3.8, 4) is 0 Å². The fourth-order valence-corrected chi connectivity index (χ4v) is 2.95. The van der Waals surface area contributed by atoms with Crippen molar-refractivity contribution in [1.82, 2.24) is 19.5 Å². The van der Waals surface area contributed by atoms with E-state index in [0.29, 0.717) is 16.9 Å². The summed E-state index contributed by atoms with van der Waals surface area (Å²) in [6.07, 6.45) is 1.49. The first kappa shape index (κ1) is 15.4. The van der Waals surface area contributed by atoms with Crippen molar-refractivity contribution in [2.45, 2.75) is 32.4 Å². The number of aliphatic carboxylic acids is 1. The molecule has 1 aliphatic rings. The summed E-state index contributed by atoms with van der Waals surface area (Å²) in [5.74, 6) is -1.39. The number of ether oxygens (including phenoxy) is 1. The molecule has 122 valence electrons. The van der Waals surface area contributed by atoms with Gasteiger partial charge in [0.1, 0.15) is 6.04 Å². The molecule has 8 nitrogen and oxygen atoms in total. The molecule has 2 atom stereocenters. The van der Waals surface area contributed by atoms with Gasteiger partial charge in [-0.1, -0.05) is 0 Å². The second-order valence-corrected chi connectivity index (χ2v) is 5.72. The van der Waals surface area contributed by atoms with Crippen molar-refractivity contribution >= 4 is 17.5 Å². The highest BCUT2D eigenvalue weighted by Crippen LogP contribution is 2.24. The van der Waals surface area contributed by atoms with Crippen LogP contribution in [0.15, 0.2) is 12.3 Å². The predicted octanol–water partition coefficient (Wildman–Crippen LogP) is 0.660. The van der Waals surface area contributed by atoms with Gasteiger partial charge in [-0.05, 0) is 13.8 Å². The van der Waals surface area contributed by atoms with E-state index in [1.165, 1.54) is 18.2 Å². The van der Waals surface area contributed by atoms with Crippen LogP contribution < -0.4 is 0 Å². The van der Waals surface area contributed by atoms with Gasteiger partial charge in [-0.2, -0.15) is 5.10 Å². The fourth-order valence-electron chi connectivity index (χ4n) is 2.95. The summed E-state index contributed by atoms with van der Waals surface area (Å²) < 4.78 is 6.82. The Bertz CT molecular complexity index is 785. The van der Waals surface area contributed by atoms with E-state index in [1.807, 2.05) is 13.0 Å². The number of methoxy groups -OCH3 is 1. The highest BCUT2D eigenvalue weighted by atomic mass is 16.5. The van der Waals surface area contributed by atoms with Crippen molar-refractivity contribution in [2.75, 3.05) is 13.7 Å². The van der Waals surface area contributed by atoms with E-state index in [1.54, 1.807) is 11.4 Å². The average molecular weight is 318 g/mol. The molecular weight excluding hydrogens is 300 g/mol. The highest BCUT2D eigenvalue weighted by molar-refractivity contribution is 5.97. The lowest BCUT2D eigenvalue weighted by Crippen LogP contribution is -2.41. The molecular formula is C15H18N4O4. The van der Waals surface area contributed by atoms with E-state index in [4.69, 9.17) is 4.74 Å². The fraction of sp³-hybridized carbons (Fsp3) is 0.467. The van der Waals surface area contributed by atoms with E-state index in [0.717, 1.165) is 5.69 Å². The van der Waals surface area contributed by atoms with Crippen LogP contribution in [0.2, 0.25) is 0 Å². The number of hydrogen-bond donors (Lipinski definition) is 1. The molecule has 3 rings (SSSR count). The number of hydrogen-bond acceptors (Lipinski definition) is 5. The zero-order valence-electron chi connectivity index (χ0n) is 13.2. The minimum Gasteiger partial charge on any atom is -0.480 e. The van der Waals surface area contributed by atoms with Crippen molar-refractivity contribution < 1.29 is 19.4 Å². The summed E-state index contributed by atoms with van der Waals surface area (Å²) in [5, 5.41) is 13.7. The highest BCUT2D eigenvalue weighted by Gasteiger charge is 2.40. The molecule has 0 aromatic carbocycles. The van der Waals surface area contributed by atoms with Crippen molar-refractivity contribution in [3.05, 3.63) is 29.2 Å². The quantitative estimate of drug-likeness (QED) is 0.893. The number of rotatable bonds is 3. The Morgan fingerprint density at radius 3 is 2.78 bits per heavy atom. The summed E-state index contributed by atoms with van der Waals surface area (Å²) in [6, 6.07) is 0.930. The summed E-state index contributed by atoms with van der Waals surface area (Å²) in [6.45, 7) is 3.87. The Morgan fingerprint density at radius 1 is 1.39 bits per heavy atom. The lowest BCUT2D eigenvalue weighted by Gasteiger charge is -2.22. The summed E-state index contributed by atoms with van der Waals surface area (Å²) >= 11 is 0. The molecule has 1 aliphatic heterocycles. The van der Waals surface area contributed by atoms with E-state index >= 15 is 0 Å². The molecule has 23 heavy (non-hydrogen) atoms. The minimum absolute atomic E-state index is 0.252. The molecule has 2 aromatic rings. The predicted molar refractivity (Wildman–Crippen MR) is 80.3 cm³/mol.